The van der Waals surface area contributed by atoms with Crippen LogP contribution in [0.1, 0.15) is 115 Å². The second-order valence-corrected chi connectivity index (χ2v) is 11.8. The molecule has 1 rings (SSSR count). The first-order chi connectivity index (χ1) is 17.0. The van der Waals surface area contributed by atoms with Crippen molar-refractivity contribution in [2.75, 3.05) is 26.1 Å². The fourth-order valence-electron chi connectivity index (χ4n) is 4.08. The minimum absolute atomic E-state index is 0.141. The van der Waals surface area contributed by atoms with Crippen molar-refractivity contribution in [1.29, 1.82) is 0 Å². The Bertz CT molecular complexity index is 726. The SMILES string of the molecule is CCCCCCCCCCCCCCCCCCOC[C@H](CO)OCc1cncc(S(C)(=O)=O)c1. The van der Waals surface area contributed by atoms with Crippen LogP contribution in [0.4, 0.5) is 0 Å². The lowest BCUT2D eigenvalue weighted by Gasteiger charge is -2.16. The van der Waals surface area contributed by atoms with Gasteiger partial charge in [0.05, 0.1) is 24.7 Å². The van der Waals surface area contributed by atoms with Crippen LogP contribution in [0.5, 0.6) is 0 Å². The molecule has 0 aliphatic heterocycles. The zero-order chi connectivity index (χ0) is 25.6. The molecule has 1 aromatic rings. The van der Waals surface area contributed by atoms with Crippen molar-refractivity contribution >= 4 is 9.84 Å². The molecule has 0 unspecified atom stereocenters. The summed E-state index contributed by atoms with van der Waals surface area (Å²) < 4.78 is 34.6. The summed E-state index contributed by atoms with van der Waals surface area (Å²) in [7, 11) is -3.30. The van der Waals surface area contributed by atoms with Gasteiger partial charge in [0.1, 0.15) is 6.10 Å². The average molecular weight is 514 g/mol. The van der Waals surface area contributed by atoms with Crippen molar-refractivity contribution in [3.63, 3.8) is 0 Å². The molecule has 0 aliphatic rings. The number of ether oxygens (including phenoxy) is 2. The Labute approximate surface area is 215 Å². The molecule has 0 saturated carbocycles. The van der Waals surface area contributed by atoms with Crippen molar-refractivity contribution in [2.24, 2.45) is 0 Å². The number of hydrogen-bond donors (Lipinski definition) is 1. The Balaban J connectivity index is 1.92. The Morgan fingerprint density at radius 1 is 0.829 bits per heavy atom. The van der Waals surface area contributed by atoms with E-state index in [4.69, 9.17) is 9.47 Å². The number of hydrogen-bond acceptors (Lipinski definition) is 6. The van der Waals surface area contributed by atoms with Crippen LogP contribution in [0.3, 0.4) is 0 Å². The molecule has 204 valence electrons. The van der Waals surface area contributed by atoms with Crippen LogP contribution in [-0.2, 0) is 25.9 Å². The van der Waals surface area contributed by atoms with Crippen LogP contribution >= 0.6 is 0 Å². The molecule has 0 radical (unpaired) electrons. The smallest absolute Gasteiger partial charge is 0.177 e. The van der Waals surface area contributed by atoms with Crippen molar-refractivity contribution < 1.29 is 23.0 Å². The highest BCUT2D eigenvalue weighted by Crippen LogP contribution is 2.14. The highest BCUT2D eigenvalue weighted by molar-refractivity contribution is 7.90. The summed E-state index contributed by atoms with van der Waals surface area (Å²) in [4.78, 5) is 4.12. The standard InChI is InChI=1S/C28H51NO5S/c1-3-4-5-6-7-8-9-10-11-12-13-14-15-16-17-18-19-33-25-27(23-30)34-24-26-20-28(22-29-21-26)35(2,31)32/h20-22,27,30H,3-19,23-25H2,1-2H3/t27-/m0/s1. The zero-order valence-electron chi connectivity index (χ0n) is 22.4. The van der Waals surface area contributed by atoms with E-state index in [1.165, 1.54) is 103 Å². The number of rotatable bonds is 24. The summed E-state index contributed by atoms with van der Waals surface area (Å²) in [5.74, 6) is 0. The van der Waals surface area contributed by atoms with E-state index in [2.05, 4.69) is 11.9 Å². The summed E-state index contributed by atoms with van der Waals surface area (Å²) in [5, 5.41) is 9.51. The Morgan fingerprint density at radius 2 is 1.34 bits per heavy atom. The van der Waals surface area contributed by atoms with Gasteiger partial charge >= 0.3 is 0 Å². The maximum atomic E-state index is 11.6. The van der Waals surface area contributed by atoms with E-state index >= 15 is 0 Å². The summed E-state index contributed by atoms with van der Waals surface area (Å²) in [5.41, 5.74) is 0.657. The predicted octanol–water partition coefficient (Wildman–Crippen LogP) is 6.64. The van der Waals surface area contributed by atoms with E-state index in [0.29, 0.717) is 18.8 Å². The molecule has 7 heteroatoms. The van der Waals surface area contributed by atoms with E-state index < -0.39 is 15.9 Å². The van der Waals surface area contributed by atoms with Gasteiger partial charge in [-0.3, -0.25) is 4.98 Å². The first-order valence-corrected chi connectivity index (χ1v) is 15.8. The van der Waals surface area contributed by atoms with Crippen molar-refractivity contribution in [2.45, 2.75) is 127 Å². The molecule has 6 nitrogen and oxygen atoms in total. The topological polar surface area (TPSA) is 85.7 Å². The van der Waals surface area contributed by atoms with Gasteiger partial charge in [-0.1, -0.05) is 103 Å². The highest BCUT2D eigenvalue weighted by atomic mass is 32.2. The lowest BCUT2D eigenvalue weighted by molar-refractivity contribution is -0.0503. The van der Waals surface area contributed by atoms with E-state index in [9.17, 15) is 13.5 Å². The van der Waals surface area contributed by atoms with E-state index in [-0.39, 0.29) is 18.1 Å². The Kier molecular flexibility index (Phi) is 19.3. The molecule has 1 N–H and O–H groups in total. The van der Waals surface area contributed by atoms with Gasteiger partial charge in [-0.15, -0.1) is 0 Å². The quantitative estimate of drug-likeness (QED) is 0.156. The van der Waals surface area contributed by atoms with Gasteiger partial charge in [-0.05, 0) is 18.1 Å². The number of unbranched alkanes of at least 4 members (excludes halogenated alkanes) is 15. The molecular weight excluding hydrogens is 462 g/mol. The maximum absolute atomic E-state index is 11.6. The first-order valence-electron chi connectivity index (χ1n) is 13.9. The summed E-state index contributed by atoms with van der Waals surface area (Å²) in [6, 6.07) is 1.55. The van der Waals surface area contributed by atoms with Gasteiger partial charge in [-0.25, -0.2) is 8.42 Å². The van der Waals surface area contributed by atoms with Crippen molar-refractivity contribution in [3.05, 3.63) is 24.0 Å². The third kappa shape index (κ3) is 18.0. The molecule has 0 bridgehead atoms. The van der Waals surface area contributed by atoms with E-state index in [1.54, 1.807) is 12.3 Å². The summed E-state index contributed by atoms with van der Waals surface area (Å²) in [6.07, 6.45) is 25.1. The second kappa shape index (κ2) is 21.1. The number of nitrogens with zero attached hydrogens (tertiary/aromatic N) is 1. The van der Waals surface area contributed by atoms with Crippen molar-refractivity contribution in [1.82, 2.24) is 4.98 Å². The lowest BCUT2D eigenvalue weighted by Crippen LogP contribution is -2.24. The van der Waals surface area contributed by atoms with Crippen LogP contribution in [0.2, 0.25) is 0 Å². The molecule has 1 heterocycles. The van der Waals surface area contributed by atoms with E-state index in [0.717, 1.165) is 12.7 Å². The van der Waals surface area contributed by atoms with Gasteiger partial charge in [-0.2, -0.15) is 0 Å². The molecule has 0 aromatic carbocycles. The minimum atomic E-state index is -3.30. The van der Waals surface area contributed by atoms with Crippen LogP contribution in [0.15, 0.2) is 23.4 Å². The largest absolute Gasteiger partial charge is 0.394 e. The third-order valence-electron chi connectivity index (χ3n) is 6.33. The number of aliphatic hydroxyl groups excluding tert-OH is 1. The monoisotopic (exact) mass is 513 g/mol. The van der Waals surface area contributed by atoms with Crippen molar-refractivity contribution in [3.8, 4) is 0 Å². The molecule has 0 aliphatic carbocycles. The highest BCUT2D eigenvalue weighted by Gasteiger charge is 2.11. The van der Waals surface area contributed by atoms with Crippen LogP contribution < -0.4 is 0 Å². The van der Waals surface area contributed by atoms with Crippen LogP contribution in [0, 0.1) is 0 Å². The molecule has 0 fully saturated rings. The van der Waals surface area contributed by atoms with Gasteiger partial charge in [0.25, 0.3) is 0 Å². The van der Waals surface area contributed by atoms with Crippen LogP contribution in [-0.4, -0.2) is 50.7 Å². The molecule has 1 aromatic heterocycles. The first kappa shape index (κ1) is 32.0. The van der Waals surface area contributed by atoms with E-state index in [1.807, 2.05) is 0 Å². The number of pyridine rings is 1. The Morgan fingerprint density at radius 3 is 1.83 bits per heavy atom. The normalized spacial score (nSPS) is 12.8. The summed E-state index contributed by atoms with van der Waals surface area (Å²) >= 11 is 0. The molecule has 0 saturated heterocycles. The minimum Gasteiger partial charge on any atom is -0.394 e. The lowest BCUT2D eigenvalue weighted by atomic mass is 10.0. The van der Waals surface area contributed by atoms with Gasteiger partial charge in [0.2, 0.25) is 0 Å². The predicted molar refractivity (Wildman–Crippen MR) is 143 cm³/mol. The summed E-state index contributed by atoms with van der Waals surface area (Å²) in [6.45, 7) is 3.32. The molecule has 1 atom stereocenters. The Hall–Kier alpha value is -1.02. The number of aliphatic hydroxyl groups is 1. The average Bonchev–Trinajstić information content (AvgIpc) is 2.84. The second-order valence-electron chi connectivity index (χ2n) is 9.79. The number of sulfone groups is 1. The van der Waals surface area contributed by atoms with Crippen LogP contribution in [0.25, 0.3) is 0 Å². The van der Waals surface area contributed by atoms with Gasteiger partial charge in [0, 0.05) is 25.3 Å². The third-order valence-corrected chi connectivity index (χ3v) is 7.41. The fourth-order valence-corrected chi connectivity index (χ4v) is 4.70. The molecule has 0 amide bonds. The molecule has 0 spiro atoms. The van der Waals surface area contributed by atoms with Gasteiger partial charge < -0.3 is 14.6 Å². The number of aromatic nitrogens is 1. The fraction of sp³-hybridized carbons (Fsp3) is 0.821. The molecule has 35 heavy (non-hydrogen) atoms. The maximum Gasteiger partial charge on any atom is 0.177 e. The molecular formula is C28H51NO5S. The van der Waals surface area contributed by atoms with Gasteiger partial charge in [0.15, 0.2) is 9.84 Å². The zero-order valence-corrected chi connectivity index (χ0v) is 23.2.